The maximum atomic E-state index is 9.49. The molecule has 0 saturated heterocycles. The van der Waals surface area contributed by atoms with Gasteiger partial charge in [0.25, 0.3) is 0 Å². The number of hydrogen-bond donors (Lipinski definition) is 0. The van der Waals surface area contributed by atoms with E-state index >= 15 is 0 Å². The smallest absolute Gasteiger partial charge is 0.160 e. The molecule has 0 atom stereocenters. The van der Waals surface area contributed by atoms with Gasteiger partial charge in [-0.05, 0) is 92.7 Å². The second-order valence-corrected chi connectivity index (χ2v) is 14.4. The number of benzene rings is 8. The van der Waals surface area contributed by atoms with E-state index < -0.39 is 5.41 Å². The van der Waals surface area contributed by atoms with Gasteiger partial charge in [0.05, 0.1) is 28.4 Å². The van der Waals surface area contributed by atoms with E-state index in [1.54, 1.807) is 0 Å². The topological polar surface area (TPSA) is 58.8 Å². The quantitative estimate of drug-likeness (QED) is 0.182. The standard InChI is InChI=1S/C52H31N3O/c53-32-33-21-23-34(24-22-33)37-25-27-49-45(29-37)52(43-19-8-6-16-40(43)41-17-7-9-20-44(41)52)46-30-38(26-28-50(46)56-49)47-31-48(55-51(54-47)36-12-2-1-3-13-36)42-18-10-14-35-11-4-5-15-39(35)42/h1-31H. The van der Waals surface area contributed by atoms with Gasteiger partial charge in [-0.2, -0.15) is 5.26 Å². The highest BCUT2D eigenvalue weighted by atomic mass is 16.5. The van der Waals surface area contributed by atoms with Crippen LogP contribution in [-0.4, -0.2) is 9.97 Å². The Balaban J connectivity index is 1.17. The Morgan fingerprint density at radius 2 is 1.00 bits per heavy atom. The summed E-state index contributed by atoms with van der Waals surface area (Å²) in [6, 6.07) is 67.8. The van der Waals surface area contributed by atoms with Crippen molar-refractivity contribution in [3.8, 4) is 73.7 Å². The highest BCUT2D eigenvalue weighted by molar-refractivity contribution is 5.97. The van der Waals surface area contributed by atoms with Gasteiger partial charge in [-0.25, -0.2) is 9.97 Å². The lowest BCUT2D eigenvalue weighted by Gasteiger charge is -2.40. The molecule has 0 saturated carbocycles. The SMILES string of the molecule is N#Cc1ccc(-c2ccc3c(c2)C2(c4cc(-c5cc(-c6cccc7ccccc67)nc(-c6ccccc6)n5)ccc4O3)c3ccccc3-c3ccccc32)cc1. The summed E-state index contributed by atoms with van der Waals surface area (Å²) in [6.07, 6.45) is 0. The number of fused-ring (bicyclic) bond motifs is 10. The van der Waals surface area contributed by atoms with E-state index in [0.29, 0.717) is 11.4 Å². The van der Waals surface area contributed by atoms with Crippen LogP contribution in [0.3, 0.4) is 0 Å². The molecule has 0 bridgehead atoms. The summed E-state index contributed by atoms with van der Waals surface area (Å²) in [6.45, 7) is 0. The molecule has 2 aliphatic rings. The fraction of sp³-hybridized carbons (Fsp3) is 0.0192. The van der Waals surface area contributed by atoms with Gasteiger partial charge in [0.15, 0.2) is 5.82 Å². The second kappa shape index (κ2) is 12.5. The Hall–Kier alpha value is -7.61. The molecule has 1 aliphatic heterocycles. The van der Waals surface area contributed by atoms with Crippen LogP contribution in [-0.2, 0) is 5.41 Å². The third-order valence-electron chi connectivity index (χ3n) is 11.4. The molecule has 260 valence electrons. The minimum absolute atomic E-state index is 0.635. The molecular weight excluding hydrogens is 683 g/mol. The Morgan fingerprint density at radius 1 is 0.429 bits per heavy atom. The Morgan fingerprint density at radius 3 is 1.73 bits per heavy atom. The number of ether oxygens (including phenoxy) is 1. The van der Waals surface area contributed by atoms with E-state index in [1.807, 2.05) is 42.5 Å². The summed E-state index contributed by atoms with van der Waals surface area (Å²) in [4.78, 5) is 10.5. The van der Waals surface area contributed by atoms with Crippen LogP contribution in [0.1, 0.15) is 27.8 Å². The molecule has 1 spiro atoms. The average Bonchev–Trinajstić information content (AvgIpc) is 3.57. The van der Waals surface area contributed by atoms with Crippen LogP contribution in [0.5, 0.6) is 11.5 Å². The summed E-state index contributed by atoms with van der Waals surface area (Å²) in [5.74, 6) is 2.30. The molecule has 0 unspecified atom stereocenters. The molecule has 4 heteroatoms. The minimum atomic E-state index is -0.678. The van der Waals surface area contributed by atoms with E-state index in [-0.39, 0.29) is 0 Å². The minimum Gasteiger partial charge on any atom is -0.457 e. The first-order valence-corrected chi connectivity index (χ1v) is 18.8. The molecule has 8 aromatic carbocycles. The molecule has 1 aromatic heterocycles. The first-order valence-electron chi connectivity index (χ1n) is 18.8. The number of rotatable bonds is 4. The van der Waals surface area contributed by atoms with E-state index in [9.17, 15) is 5.26 Å². The molecule has 9 aromatic rings. The number of hydrogen-bond acceptors (Lipinski definition) is 4. The average molecular weight is 714 g/mol. The van der Waals surface area contributed by atoms with Crippen molar-refractivity contribution in [1.29, 1.82) is 5.26 Å². The molecule has 1 aliphatic carbocycles. The molecule has 0 amide bonds. The molecule has 2 heterocycles. The molecule has 0 N–H and O–H groups in total. The van der Waals surface area contributed by atoms with Gasteiger partial charge in [0, 0.05) is 27.8 Å². The van der Waals surface area contributed by atoms with Crippen molar-refractivity contribution in [1.82, 2.24) is 9.97 Å². The third kappa shape index (κ3) is 4.78. The van der Waals surface area contributed by atoms with Gasteiger partial charge in [0.1, 0.15) is 11.5 Å². The predicted molar refractivity (Wildman–Crippen MR) is 223 cm³/mol. The van der Waals surface area contributed by atoms with Crippen LogP contribution in [0.4, 0.5) is 0 Å². The number of nitriles is 1. The van der Waals surface area contributed by atoms with Crippen molar-refractivity contribution < 1.29 is 4.74 Å². The normalized spacial score (nSPS) is 12.9. The van der Waals surface area contributed by atoms with Crippen LogP contribution < -0.4 is 4.74 Å². The van der Waals surface area contributed by atoms with E-state index in [1.165, 1.54) is 22.3 Å². The monoisotopic (exact) mass is 713 g/mol. The zero-order valence-corrected chi connectivity index (χ0v) is 30.1. The summed E-state index contributed by atoms with van der Waals surface area (Å²) < 4.78 is 6.87. The van der Waals surface area contributed by atoms with Crippen molar-refractivity contribution in [2.24, 2.45) is 0 Å². The fourth-order valence-corrected chi connectivity index (χ4v) is 8.88. The van der Waals surface area contributed by atoms with Crippen LogP contribution in [0.2, 0.25) is 0 Å². The highest BCUT2D eigenvalue weighted by Gasteiger charge is 2.51. The van der Waals surface area contributed by atoms with Crippen molar-refractivity contribution in [2.45, 2.75) is 5.41 Å². The van der Waals surface area contributed by atoms with Crippen molar-refractivity contribution >= 4 is 10.8 Å². The van der Waals surface area contributed by atoms with Crippen LogP contribution in [0.15, 0.2) is 188 Å². The first kappa shape index (κ1) is 31.9. The zero-order chi connectivity index (χ0) is 37.2. The van der Waals surface area contributed by atoms with Gasteiger partial charge in [-0.1, -0.05) is 140 Å². The van der Waals surface area contributed by atoms with Crippen molar-refractivity contribution in [2.75, 3.05) is 0 Å². The van der Waals surface area contributed by atoms with Gasteiger partial charge < -0.3 is 4.74 Å². The molecular formula is C52H31N3O. The molecule has 0 radical (unpaired) electrons. The number of aromatic nitrogens is 2. The summed E-state index contributed by atoms with van der Waals surface area (Å²) >= 11 is 0. The van der Waals surface area contributed by atoms with Crippen LogP contribution in [0, 0.1) is 11.3 Å². The van der Waals surface area contributed by atoms with Crippen molar-refractivity contribution in [3.63, 3.8) is 0 Å². The molecule has 11 rings (SSSR count). The Labute approximate surface area is 324 Å². The lowest BCUT2D eigenvalue weighted by atomic mass is 9.65. The predicted octanol–water partition coefficient (Wildman–Crippen LogP) is 12.6. The molecule has 4 nitrogen and oxygen atoms in total. The van der Waals surface area contributed by atoms with Gasteiger partial charge in [-0.15, -0.1) is 0 Å². The highest BCUT2D eigenvalue weighted by Crippen LogP contribution is 2.62. The number of nitrogens with zero attached hydrogens (tertiary/aromatic N) is 3. The maximum absolute atomic E-state index is 9.49. The molecule has 0 fully saturated rings. The largest absolute Gasteiger partial charge is 0.457 e. The first-order chi connectivity index (χ1) is 27.7. The van der Waals surface area contributed by atoms with E-state index in [4.69, 9.17) is 14.7 Å². The van der Waals surface area contributed by atoms with Crippen LogP contribution >= 0.6 is 0 Å². The van der Waals surface area contributed by atoms with E-state index in [2.05, 4.69) is 152 Å². The Kier molecular flexibility index (Phi) is 7.10. The van der Waals surface area contributed by atoms with E-state index in [0.717, 1.165) is 72.6 Å². The summed E-state index contributed by atoms with van der Waals surface area (Å²) in [7, 11) is 0. The van der Waals surface area contributed by atoms with Crippen LogP contribution in [0.25, 0.3) is 66.9 Å². The maximum Gasteiger partial charge on any atom is 0.160 e. The van der Waals surface area contributed by atoms with Gasteiger partial charge in [0.2, 0.25) is 0 Å². The summed E-state index contributed by atoms with van der Waals surface area (Å²) in [5, 5.41) is 11.8. The third-order valence-corrected chi connectivity index (χ3v) is 11.4. The van der Waals surface area contributed by atoms with Crippen molar-refractivity contribution in [3.05, 3.63) is 216 Å². The second-order valence-electron chi connectivity index (χ2n) is 14.4. The Bertz CT molecular complexity index is 3020. The lowest BCUT2D eigenvalue weighted by molar-refractivity contribution is 0.436. The zero-order valence-electron chi connectivity index (χ0n) is 30.1. The molecule has 56 heavy (non-hydrogen) atoms. The van der Waals surface area contributed by atoms with Gasteiger partial charge >= 0.3 is 0 Å². The van der Waals surface area contributed by atoms with Gasteiger partial charge in [-0.3, -0.25) is 0 Å². The lowest BCUT2D eigenvalue weighted by Crippen LogP contribution is -2.32. The summed E-state index contributed by atoms with van der Waals surface area (Å²) in [5.41, 5.74) is 13.7. The fourth-order valence-electron chi connectivity index (χ4n) is 8.88.